The molecule has 3 rings (SSSR count). The summed E-state index contributed by atoms with van der Waals surface area (Å²) < 4.78 is 4.24. The first kappa shape index (κ1) is 11.8. The van der Waals surface area contributed by atoms with Gasteiger partial charge in [0.1, 0.15) is 0 Å². The monoisotopic (exact) mass is 280 g/mol. The molecule has 1 amide bonds. The topological polar surface area (TPSA) is 66.9 Å². The minimum absolute atomic E-state index is 0.0134. The van der Waals surface area contributed by atoms with Gasteiger partial charge in [-0.1, -0.05) is 0 Å². The van der Waals surface area contributed by atoms with Gasteiger partial charge in [-0.25, -0.2) is 0 Å². The van der Waals surface area contributed by atoms with E-state index in [1.165, 1.54) is 11.5 Å². The SMILES string of the molecule is O=C(Nc1nc(-c2ccsc2)ns1)[C@@H]1CCCN1. The van der Waals surface area contributed by atoms with Gasteiger partial charge in [0.05, 0.1) is 6.04 Å². The summed E-state index contributed by atoms with van der Waals surface area (Å²) in [6.07, 6.45) is 1.94. The van der Waals surface area contributed by atoms with E-state index in [9.17, 15) is 4.79 Å². The first-order valence-corrected chi connectivity index (χ1v) is 7.45. The third kappa shape index (κ3) is 2.43. The lowest BCUT2D eigenvalue weighted by molar-refractivity contribution is -0.117. The fourth-order valence-corrected chi connectivity index (χ4v) is 3.11. The molecule has 0 spiro atoms. The molecule has 2 aromatic heterocycles. The fourth-order valence-electron chi connectivity index (χ4n) is 1.88. The van der Waals surface area contributed by atoms with Crippen LogP contribution in [0.4, 0.5) is 5.13 Å². The van der Waals surface area contributed by atoms with E-state index >= 15 is 0 Å². The highest BCUT2D eigenvalue weighted by molar-refractivity contribution is 7.10. The quantitative estimate of drug-likeness (QED) is 0.902. The molecule has 0 aromatic carbocycles. The predicted molar refractivity (Wildman–Crippen MR) is 72.9 cm³/mol. The number of carbonyl (C=O) groups excluding carboxylic acids is 1. The van der Waals surface area contributed by atoms with E-state index in [2.05, 4.69) is 20.0 Å². The Morgan fingerprint density at radius 1 is 1.56 bits per heavy atom. The van der Waals surface area contributed by atoms with Gasteiger partial charge in [0, 0.05) is 22.5 Å². The van der Waals surface area contributed by atoms with Crippen LogP contribution in [0.15, 0.2) is 16.8 Å². The van der Waals surface area contributed by atoms with Crippen LogP contribution in [0.2, 0.25) is 0 Å². The van der Waals surface area contributed by atoms with Gasteiger partial charge in [-0.05, 0) is 30.8 Å². The van der Waals surface area contributed by atoms with E-state index in [0.717, 1.165) is 24.9 Å². The van der Waals surface area contributed by atoms with Gasteiger partial charge in [0.2, 0.25) is 11.0 Å². The largest absolute Gasteiger partial charge is 0.306 e. The van der Waals surface area contributed by atoms with Crippen molar-refractivity contribution in [3.05, 3.63) is 16.8 Å². The molecule has 7 heteroatoms. The smallest absolute Gasteiger partial charge is 0.243 e. The number of nitrogens with one attached hydrogen (secondary N) is 2. The molecular weight excluding hydrogens is 268 g/mol. The average Bonchev–Trinajstić information content (AvgIpc) is 3.12. The van der Waals surface area contributed by atoms with Gasteiger partial charge in [0.25, 0.3) is 0 Å². The molecule has 2 N–H and O–H groups in total. The van der Waals surface area contributed by atoms with Crippen molar-refractivity contribution in [2.75, 3.05) is 11.9 Å². The van der Waals surface area contributed by atoms with Crippen LogP contribution >= 0.6 is 22.9 Å². The fraction of sp³-hybridized carbons (Fsp3) is 0.364. The third-order valence-corrected chi connectivity index (χ3v) is 4.13. The number of nitrogens with zero attached hydrogens (tertiary/aromatic N) is 2. The lowest BCUT2D eigenvalue weighted by Gasteiger charge is -2.07. The van der Waals surface area contributed by atoms with Crippen LogP contribution in [-0.4, -0.2) is 27.9 Å². The second kappa shape index (κ2) is 5.13. The van der Waals surface area contributed by atoms with Crippen molar-refractivity contribution in [1.82, 2.24) is 14.7 Å². The van der Waals surface area contributed by atoms with Crippen molar-refractivity contribution >= 4 is 33.9 Å². The summed E-state index contributed by atoms with van der Waals surface area (Å²) in [5.74, 6) is 0.663. The van der Waals surface area contributed by atoms with Crippen molar-refractivity contribution in [3.63, 3.8) is 0 Å². The maximum atomic E-state index is 11.9. The van der Waals surface area contributed by atoms with E-state index in [0.29, 0.717) is 11.0 Å². The molecule has 1 fully saturated rings. The van der Waals surface area contributed by atoms with Crippen LogP contribution in [0.1, 0.15) is 12.8 Å². The number of thiophene rings is 1. The molecule has 2 aromatic rings. The maximum Gasteiger partial charge on any atom is 0.243 e. The molecule has 0 aliphatic carbocycles. The number of aromatic nitrogens is 2. The summed E-state index contributed by atoms with van der Waals surface area (Å²) in [6.45, 7) is 0.911. The van der Waals surface area contributed by atoms with Gasteiger partial charge in [0.15, 0.2) is 5.82 Å². The molecular formula is C11H12N4OS2. The zero-order chi connectivity index (χ0) is 12.4. The van der Waals surface area contributed by atoms with Crippen LogP contribution in [0, 0.1) is 0 Å². The van der Waals surface area contributed by atoms with Crippen molar-refractivity contribution in [2.24, 2.45) is 0 Å². The van der Waals surface area contributed by atoms with Crippen LogP contribution in [0.25, 0.3) is 11.4 Å². The summed E-state index contributed by atoms with van der Waals surface area (Å²) >= 11 is 2.82. The predicted octanol–water partition coefficient (Wildman–Crippen LogP) is 1.96. The van der Waals surface area contributed by atoms with E-state index in [4.69, 9.17) is 0 Å². The molecule has 1 aliphatic rings. The summed E-state index contributed by atoms with van der Waals surface area (Å²) in [4.78, 5) is 16.2. The van der Waals surface area contributed by atoms with Crippen molar-refractivity contribution < 1.29 is 4.79 Å². The van der Waals surface area contributed by atoms with E-state index < -0.39 is 0 Å². The van der Waals surface area contributed by atoms with Gasteiger partial charge in [-0.2, -0.15) is 20.7 Å². The third-order valence-electron chi connectivity index (χ3n) is 2.81. The van der Waals surface area contributed by atoms with Gasteiger partial charge in [-0.3, -0.25) is 10.1 Å². The average molecular weight is 280 g/mol. The molecule has 18 heavy (non-hydrogen) atoms. The number of anilines is 1. The Kier molecular flexibility index (Phi) is 3.35. The lowest BCUT2D eigenvalue weighted by Crippen LogP contribution is -2.35. The van der Waals surface area contributed by atoms with Gasteiger partial charge in [-0.15, -0.1) is 0 Å². The Morgan fingerprint density at radius 3 is 3.22 bits per heavy atom. The highest BCUT2D eigenvalue weighted by Gasteiger charge is 2.22. The van der Waals surface area contributed by atoms with E-state index in [1.54, 1.807) is 11.3 Å². The summed E-state index contributed by atoms with van der Waals surface area (Å²) in [5, 5.41) is 10.5. The second-order valence-electron chi connectivity index (χ2n) is 4.07. The van der Waals surface area contributed by atoms with Crippen LogP contribution in [0.3, 0.4) is 0 Å². The first-order valence-electron chi connectivity index (χ1n) is 5.73. The van der Waals surface area contributed by atoms with Crippen molar-refractivity contribution in [1.29, 1.82) is 0 Å². The Balaban J connectivity index is 1.68. The van der Waals surface area contributed by atoms with E-state index in [1.807, 2.05) is 16.8 Å². The molecule has 0 bridgehead atoms. The van der Waals surface area contributed by atoms with Gasteiger partial charge < -0.3 is 5.32 Å². The Bertz CT molecular complexity index is 531. The number of hydrogen-bond acceptors (Lipinski definition) is 6. The van der Waals surface area contributed by atoms with Crippen LogP contribution in [0.5, 0.6) is 0 Å². The normalized spacial score (nSPS) is 19.0. The number of rotatable bonds is 3. The Labute approximate surface area is 112 Å². The maximum absolute atomic E-state index is 11.9. The van der Waals surface area contributed by atoms with Crippen LogP contribution in [-0.2, 0) is 4.79 Å². The molecule has 0 unspecified atom stereocenters. The molecule has 1 saturated heterocycles. The van der Waals surface area contributed by atoms with Crippen molar-refractivity contribution in [3.8, 4) is 11.4 Å². The van der Waals surface area contributed by atoms with Gasteiger partial charge >= 0.3 is 0 Å². The standard InChI is InChI=1S/C11H12N4OS2/c16-10(8-2-1-4-12-8)14-11-13-9(15-18-11)7-3-5-17-6-7/h3,5-6,8,12H,1-2,4H2,(H,13,14,15,16)/t8-/m0/s1. The van der Waals surface area contributed by atoms with E-state index in [-0.39, 0.29) is 11.9 Å². The minimum Gasteiger partial charge on any atom is -0.306 e. The van der Waals surface area contributed by atoms with Crippen molar-refractivity contribution in [2.45, 2.75) is 18.9 Å². The molecule has 3 heterocycles. The summed E-state index contributed by atoms with van der Waals surface area (Å²) in [6, 6.07) is 1.88. The molecule has 94 valence electrons. The zero-order valence-electron chi connectivity index (χ0n) is 9.55. The number of amides is 1. The lowest BCUT2D eigenvalue weighted by atomic mass is 10.2. The first-order chi connectivity index (χ1) is 8.83. The number of hydrogen-bond donors (Lipinski definition) is 2. The molecule has 5 nitrogen and oxygen atoms in total. The highest BCUT2D eigenvalue weighted by Crippen LogP contribution is 2.23. The number of carbonyl (C=O) groups is 1. The minimum atomic E-state index is -0.0847. The summed E-state index contributed by atoms with van der Waals surface area (Å²) in [7, 11) is 0. The molecule has 0 radical (unpaired) electrons. The Hall–Kier alpha value is -1.31. The molecule has 1 atom stereocenters. The molecule has 0 saturated carbocycles. The summed E-state index contributed by atoms with van der Waals surface area (Å²) in [5.41, 5.74) is 0.996. The Morgan fingerprint density at radius 2 is 2.50 bits per heavy atom. The molecule has 1 aliphatic heterocycles. The highest BCUT2D eigenvalue weighted by atomic mass is 32.1. The van der Waals surface area contributed by atoms with Crippen LogP contribution < -0.4 is 10.6 Å². The zero-order valence-corrected chi connectivity index (χ0v) is 11.2. The second-order valence-corrected chi connectivity index (χ2v) is 5.61.